The van der Waals surface area contributed by atoms with E-state index in [0.717, 1.165) is 22.4 Å². The molecule has 0 spiro atoms. The van der Waals surface area contributed by atoms with Gasteiger partial charge in [-0.1, -0.05) is 38.1 Å². The Balaban J connectivity index is 2.07. The van der Waals surface area contributed by atoms with Crippen LogP contribution in [0.3, 0.4) is 0 Å². The molecule has 2 aromatic rings. The second-order valence-corrected chi connectivity index (χ2v) is 6.94. The van der Waals surface area contributed by atoms with E-state index >= 15 is 0 Å². The predicted molar refractivity (Wildman–Crippen MR) is 107 cm³/mol. The number of hydrogen-bond acceptors (Lipinski definition) is 2. The molecule has 0 bridgehead atoms. The summed E-state index contributed by atoms with van der Waals surface area (Å²) in [5.41, 5.74) is 4.94. The summed E-state index contributed by atoms with van der Waals surface area (Å²) < 4.78 is 0. The van der Waals surface area contributed by atoms with Gasteiger partial charge in [0.1, 0.15) is 0 Å². The number of carbonyl (C=O) groups excluding carboxylic acids is 2. The van der Waals surface area contributed by atoms with E-state index in [1.807, 2.05) is 56.3 Å². The highest BCUT2D eigenvalue weighted by Crippen LogP contribution is 2.27. The van der Waals surface area contributed by atoms with Crippen molar-refractivity contribution in [3.05, 3.63) is 64.7 Å². The summed E-state index contributed by atoms with van der Waals surface area (Å²) in [7, 11) is 0. The number of aryl methyl sites for hydroxylation is 2. The first-order chi connectivity index (χ1) is 12.3. The number of anilines is 1. The van der Waals surface area contributed by atoms with Gasteiger partial charge in [0.15, 0.2) is 0 Å². The van der Waals surface area contributed by atoms with Crippen LogP contribution in [0.25, 0.3) is 0 Å². The molecule has 0 aromatic heterocycles. The van der Waals surface area contributed by atoms with Crippen LogP contribution in [0.2, 0.25) is 0 Å². The molecule has 26 heavy (non-hydrogen) atoms. The van der Waals surface area contributed by atoms with E-state index in [2.05, 4.69) is 19.2 Å². The first kappa shape index (κ1) is 19.7. The first-order valence-corrected chi connectivity index (χ1v) is 9.03. The number of nitrogens with zero attached hydrogens (tertiary/aromatic N) is 1. The fourth-order valence-corrected chi connectivity index (χ4v) is 2.94. The van der Waals surface area contributed by atoms with Crippen LogP contribution < -0.4 is 10.2 Å². The van der Waals surface area contributed by atoms with Crippen molar-refractivity contribution in [1.82, 2.24) is 5.32 Å². The van der Waals surface area contributed by atoms with Crippen LogP contribution in [0.4, 0.5) is 5.69 Å². The van der Waals surface area contributed by atoms with Crippen molar-refractivity contribution in [2.45, 2.75) is 40.5 Å². The highest BCUT2D eigenvalue weighted by atomic mass is 16.2. The minimum atomic E-state index is -0.117. The normalized spacial score (nSPS) is 10.7. The van der Waals surface area contributed by atoms with E-state index < -0.39 is 0 Å². The van der Waals surface area contributed by atoms with Gasteiger partial charge in [0.2, 0.25) is 5.91 Å². The molecule has 0 atom stereocenters. The fraction of sp³-hybridized carbons (Fsp3) is 0.364. The number of nitrogens with one attached hydrogen (secondary N) is 1. The van der Waals surface area contributed by atoms with Crippen molar-refractivity contribution in [2.75, 3.05) is 18.0 Å². The second-order valence-electron chi connectivity index (χ2n) is 6.94. The quantitative estimate of drug-likeness (QED) is 0.846. The van der Waals surface area contributed by atoms with Gasteiger partial charge >= 0.3 is 0 Å². The van der Waals surface area contributed by atoms with Crippen molar-refractivity contribution in [3.8, 4) is 0 Å². The summed E-state index contributed by atoms with van der Waals surface area (Å²) in [6.45, 7) is 10.6. The van der Waals surface area contributed by atoms with Gasteiger partial charge in [-0.05, 0) is 54.7 Å². The van der Waals surface area contributed by atoms with E-state index in [9.17, 15) is 9.59 Å². The third kappa shape index (κ3) is 4.72. The van der Waals surface area contributed by atoms with Crippen molar-refractivity contribution >= 4 is 17.5 Å². The fourth-order valence-electron chi connectivity index (χ4n) is 2.94. The molecule has 0 unspecified atom stereocenters. The largest absolute Gasteiger partial charge is 0.350 e. The number of rotatable bonds is 6. The van der Waals surface area contributed by atoms with Gasteiger partial charge < -0.3 is 10.2 Å². The monoisotopic (exact) mass is 352 g/mol. The summed E-state index contributed by atoms with van der Waals surface area (Å²) in [6.07, 6.45) is 0. The van der Waals surface area contributed by atoms with Gasteiger partial charge in [0.05, 0.1) is 0 Å². The van der Waals surface area contributed by atoms with Crippen LogP contribution in [-0.4, -0.2) is 24.9 Å². The molecular formula is C22H28N2O2. The van der Waals surface area contributed by atoms with Crippen LogP contribution >= 0.6 is 0 Å². The van der Waals surface area contributed by atoms with E-state index in [1.165, 1.54) is 0 Å². The Labute approximate surface area is 156 Å². The lowest BCUT2D eigenvalue weighted by Crippen LogP contribution is -2.38. The summed E-state index contributed by atoms with van der Waals surface area (Å²) in [5, 5.41) is 2.92. The minimum absolute atomic E-state index is 0.0291. The minimum Gasteiger partial charge on any atom is -0.350 e. The molecule has 0 aliphatic rings. The number of amides is 2. The Hall–Kier alpha value is -2.62. The van der Waals surface area contributed by atoms with E-state index in [-0.39, 0.29) is 11.8 Å². The number of hydrogen-bond donors (Lipinski definition) is 1. The van der Waals surface area contributed by atoms with Crippen molar-refractivity contribution < 1.29 is 9.59 Å². The van der Waals surface area contributed by atoms with Crippen LogP contribution in [0.15, 0.2) is 42.5 Å². The smallest absolute Gasteiger partial charge is 0.251 e. The van der Waals surface area contributed by atoms with Crippen LogP contribution in [0.5, 0.6) is 0 Å². The molecule has 138 valence electrons. The summed E-state index contributed by atoms with van der Waals surface area (Å²) in [6, 6.07) is 13.6. The van der Waals surface area contributed by atoms with Crippen molar-refractivity contribution in [3.63, 3.8) is 0 Å². The van der Waals surface area contributed by atoms with Gasteiger partial charge in [-0.15, -0.1) is 0 Å². The standard InChI is InChI=1S/C22H28N2O2/c1-15(2)20-8-6-7-9-21(20)24(18(5)25)13-12-23-22(26)19-11-10-16(3)17(4)14-19/h6-11,14-15H,12-13H2,1-5H3,(H,23,26). The second kappa shape index (κ2) is 8.65. The molecule has 0 radical (unpaired) electrons. The number of benzene rings is 2. The highest BCUT2D eigenvalue weighted by molar-refractivity contribution is 5.95. The maximum absolute atomic E-state index is 12.4. The molecule has 2 aromatic carbocycles. The summed E-state index contributed by atoms with van der Waals surface area (Å²) >= 11 is 0. The third-order valence-corrected chi connectivity index (χ3v) is 4.62. The number of carbonyl (C=O) groups is 2. The molecule has 4 nitrogen and oxygen atoms in total. The van der Waals surface area contributed by atoms with E-state index in [1.54, 1.807) is 11.8 Å². The van der Waals surface area contributed by atoms with E-state index in [0.29, 0.717) is 24.6 Å². The first-order valence-electron chi connectivity index (χ1n) is 9.03. The molecule has 4 heteroatoms. The summed E-state index contributed by atoms with van der Waals surface area (Å²) in [4.78, 5) is 26.2. The van der Waals surface area contributed by atoms with Crippen LogP contribution in [0, 0.1) is 13.8 Å². The molecule has 0 heterocycles. The predicted octanol–water partition coefficient (Wildman–Crippen LogP) is 4.21. The van der Waals surface area contributed by atoms with Crippen LogP contribution in [0.1, 0.15) is 53.7 Å². The van der Waals surface area contributed by atoms with Gasteiger partial charge in [-0.25, -0.2) is 0 Å². The zero-order chi connectivity index (χ0) is 19.3. The molecule has 2 rings (SSSR count). The molecule has 1 N–H and O–H groups in total. The Kier molecular flexibility index (Phi) is 6.56. The molecule has 0 saturated carbocycles. The maximum atomic E-state index is 12.4. The molecule has 0 aliphatic carbocycles. The average molecular weight is 352 g/mol. The zero-order valence-electron chi connectivity index (χ0n) is 16.3. The van der Waals surface area contributed by atoms with Crippen LogP contribution in [-0.2, 0) is 4.79 Å². The van der Waals surface area contributed by atoms with E-state index in [4.69, 9.17) is 0 Å². The lowest BCUT2D eigenvalue weighted by atomic mass is 10.0. The third-order valence-electron chi connectivity index (χ3n) is 4.62. The zero-order valence-corrected chi connectivity index (χ0v) is 16.3. The lowest BCUT2D eigenvalue weighted by molar-refractivity contribution is -0.116. The Morgan fingerprint density at radius 2 is 1.73 bits per heavy atom. The molecule has 0 fully saturated rings. The molecular weight excluding hydrogens is 324 g/mol. The topological polar surface area (TPSA) is 49.4 Å². The van der Waals surface area contributed by atoms with Gasteiger partial charge in [0.25, 0.3) is 5.91 Å². The Morgan fingerprint density at radius 1 is 1.04 bits per heavy atom. The number of para-hydroxylation sites is 1. The molecule has 0 aliphatic heterocycles. The lowest BCUT2D eigenvalue weighted by Gasteiger charge is -2.25. The maximum Gasteiger partial charge on any atom is 0.251 e. The van der Waals surface area contributed by atoms with Crippen molar-refractivity contribution in [1.29, 1.82) is 0 Å². The highest BCUT2D eigenvalue weighted by Gasteiger charge is 2.17. The Bertz CT molecular complexity index is 796. The van der Waals surface area contributed by atoms with Gasteiger partial charge in [-0.2, -0.15) is 0 Å². The van der Waals surface area contributed by atoms with Gasteiger partial charge in [-0.3, -0.25) is 9.59 Å². The molecule has 2 amide bonds. The Morgan fingerprint density at radius 3 is 2.35 bits per heavy atom. The van der Waals surface area contributed by atoms with Crippen molar-refractivity contribution in [2.24, 2.45) is 0 Å². The molecule has 0 saturated heterocycles. The average Bonchev–Trinajstić information content (AvgIpc) is 2.60. The van der Waals surface area contributed by atoms with Gasteiger partial charge in [0, 0.05) is 31.3 Å². The SMILES string of the molecule is CC(=O)N(CCNC(=O)c1ccc(C)c(C)c1)c1ccccc1C(C)C. The summed E-state index contributed by atoms with van der Waals surface area (Å²) in [5.74, 6) is 0.172.